The molecule has 0 atom stereocenters. The van der Waals surface area contributed by atoms with Gasteiger partial charge in [-0.25, -0.2) is 0 Å². The second-order valence-corrected chi connectivity index (χ2v) is 4.53. The van der Waals surface area contributed by atoms with E-state index in [9.17, 15) is 0 Å². The molecule has 0 aliphatic heterocycles. The summed E-state index contributed by atoms with van der Waals surface area (Å²) < 4.78 is 0. The average molecular weight is 250 g/mol. The van der Waals surface area contributed by atoms with Crippen molar-refractivity contribution >= 4 is 15.9 Å². The molecule has 0 spiro atoms. The van der Waals surface area contributed by atoms with Crippen LogP contribution in [0.1, 0.15) is 32.1 Å². The molecule has 0 saturated heterocycles. The molecule has 0 radical (unpaired) electrons. The molecule has 1 aliphatic carbocycles. The van der Waals surface area contributed by atoms with Gasteiger partial charge < -0.3 is 5.11 Å². The van der Waals surface area contributed by atoms with Crippen LogP contribution in [0, 0.1) is 0 Å². The third kappa shape index (κ3) is 3.96. The van der Waals surface area contributed by atoms with Gasteiger partial charge in [0.15, 0.2) is 0 Å². The van der Waals surface area contributed by atoms with Crippen molar-refractivity contribution in [2.75, 3.05) is 25.0 Å². The lowest BCUT2D eigenvalue weighted by Crippen LogP contribution is -2.42. The molecule has 0 bridgehead atoms. The minimum Gasteiger partial charge on any atom is -0.395 e. The number of hydrogen-bond acceptors (Lipinski definition) is 2. The fraction of sp³-hybridized carbons (Fsp3) is 1.00. The summed E-state index contributed by atoms with van der Waals surface area (Å²) in [6, 6.07) is 0.780. The first kappa shape index (κ1) is 11.5. The first-order chi connectivity index (χ1) is 6.38. The molecular formula is C10H20BrNO. The third-order valence-electron chi connectivity index (χ3n) is 2.81. The highest BCUT2D eigenvalue weighted by Gasteiger charge is 2.23. The first-order valence-corrected chi connectivity index (χ1v) is 6.41. The minimum absolute atomic E-state index is 0.310. The number of alkyl halides is 1. The lowest BCUT2D eigenvalue weighted by molar-refractivity contribution is 0.100. The molecule has 3 heteroatoms. The normalized spacial score (nSPS) is 17.8. The van der Waals surface area contributed by atoms with E-state index in [0.717, 1.165) is 24.5 Å². The van der Waals surface area contributed by atoms with Crippen molar-refractivity contribution in [2.45, 2.75) is 38.1 Å². The maximum Gasteiger partial charge on any atom is 0.0558 e. The molecule has 1 rings (SSSR count). The van der Waals surface area contributed by atoms with Gasteiger partial charge in [0.2, 0.25) is 0 Å². The van der Waals surface area contributed by atoms with Crippen molar-refractivity contribution in [1.29, 1.82) is 0 Å². The van der Waals surface area contributed by atoms with Gasteiger partial charge in [-0.05, 0) is 32.2 Å². The molecular weight excluding hydrogens is 230 g/mol. The second-order valence-electron chi connectivity index (χ2n) is 3.74. The SMILES string of the molecule is OCCN(CCCCBr)C1CCC1. The predicted molar refractivity (Wildman–Crippen MR) is 59.3 cm³/mol. The number of rotatable bonds is 7. The van der Waals surface area contributed by atoms with E-state index < -0.39 is 0 Å². The lowest BCUT2D eigenvalue weighted by atomic mass is 9.91. The molecule has 0 heterocycles. The van der Waals surface area contributed by atoms with Crippen LogP contribution in [-0.4, -0.2) is 41.1 Å². The van der Waals surface area contributed by atoms with Gasteiger partial charge in [-0.2, -0.15) is 0 Å². The van der Waals surface area contributed by atoms with Gasteiger partial charge in [0.25, 0.3) is 0 Å². The van der Waals surface area contributed by atoms with Gasteiger partial charge >= 0.3 is 0 Å². The number of nitrogens with zero attached hydrogens (tertiary/aromatic N) is 1. The number of hydrogen-bond donors (Lipinski definition) is 1. The van der Waals surface area contributed by atoms with Crippen molar-refractivity contribution in [3.63, 3.8) is 0 Å². The molecule has 0 aromatic rings. The minimum atomic E-state index is 0.310. The monoisotopic (exact) mass is 249 g/mol. The summed E-state index contributed by atoms with van der Waals surface area (Å²) in [5.74, 6) is 0. The van der Waals surface area contributed by atoms with E-state index >= 15 is 0 Å². The topological polar surface area (TPSA) is 23.5 Å². The van der Waals surface area contributed by atoms with E-state index in [1.807, 2.05) is 0 Å². The molecule has 0 aromatic carbocycles. The van der Waals surface area contributed by atoms with Crippen LogP contribution in [0.5, 0.6) is 0 Å². The highest BCUT2D eigenvalue weighted by molar-refractivity contribution is 9.09. The average Bonchev–Trinajstić information content (AvgIpc) is 2.02. The highest BCUT2D eigenvalue weighted by atomic mass is 79.9. The Morgan fingerprint density at radius 3 is 2.46 bits per heavy atom. The predicted octanol–water partition coefficient (Wildman–Crippen LogP) is 2.01. The van der Waals surface area contributed by atoms with Crippen molar-refractivity contribution in [3.8, 4) is 0 Å². The van der Waals surface area contributed by atoms with E-state index in [1.165, 1.54) is 32.1 Å². The Kier molecular flexibility index (Phi) is 6.00. The molecule has 78 valence electrons. The standard InChI is InChI=1S/C10H20BrNO/c11-6-1-2-7-12(8-9-13)10-4-3-5-10/h10,13H,1-9H2. The molecule has 1 aliphatic rings. The number of halogens is 1. The molecule has 1 fully saturated rings. The second kappa shape index (κ2) is 6.80. The van der Waals surface area contributed by atoms with Crippen molar-refractivity contribution in [1.82, 2.24) is 4.90 Å². The molecule has 0 unspecified atom stereocenters. The van der Waals surface area contributed by atoms with Gasteiger partial charge in [0.05, 0.1) is 6.61 Å². The fourth-order valence-corrected chi connectivity index (χ4v) is 2.16. The Morgan fingerprint density at radius 2 is 2.00 bits per heavy atom. The fourth-order valence-electron chi connectivity index (χ4n) is 1.77. The summed E-state index contributed by atoms with van der Waals surface area (Å²) >= 11 is 3.44. The quantitative estimate of drug-likeness (QED) is 0.552. The highest BCUT2D eigenvalue weighted by Crippen LogP contribution is 2.24. The maximum absolute atomic E-state index is 8.91. The van der Waals surface area contributed by atoms with Gasteiger partial charge in [-0.1, -0.05) is 22.4 Å². The van der Waals surface area contributed by atoms with Gasteiger partial charge in [0, 0.05) is 17.9 Å². The summed E-state index contributed by atoms with van der Waals surface area (Å²) in [4.78, 5) is 2.45. The maximum atomic E-state index is 8.91. The zero-order valence-corrected chi connectivity index (χ0v) is 9.80. The Labute approximate surface area is 89.4 Å². The Bertz CT molecular complexity index is 128. The third-order valence-corrected chi connectivity index (χ3v) is 3.37. The van der Waals surface area contributed by atoms with Gasteiger partial charge in [0.1, 0.15) is 0 Å². The zero-order valence-electron chi connectivity index (χ0n) is 8.21. The molecule has 2 nitrogen and oxygen atoms in total. The first-order valence-electron chi connectivity index (χ1n) is 5.29. The molecule has 1 saturated carbocycles. The van der Waals surface area contributed by atoms with Crippen molar-refractivity contribution in [3.05, 3.63) is 0 Å². The molecule has 13 heavy (non-hydrogen) atoms. The zero-order chi connectivity index (χ0) is 9.52. The number of unbranched alkanes of at least 4 members (excludes halogenated alkanes) is 1. The van der Waals surface area contributed by atoms with Crippen LogP contribution in [0.25, 0.3) is 0 Å². The van der Waals surface area contributed by atoms with Gasteiger partial charge in [-0.3, -0.25) is 4.90 Å². The molecule has 0 amide bonds. The molecule has 1 N–H and O–H groups in total. The van der Waals surface area contributed by atoms with E-state index in [0.29, 0.717) is 6.61 Å². The largest absolute Gasteiger partial charge is 0.395 e. The number of aliphatic hydroxyl groups is 1. The van der Waals surface area contributed by atoms with Crippen LogP contribution in [0.3, 0.4) is 0 Å². The van der Waals surface area contributed by atoms with Crippen LogP contribution < -0.4 is 0 Å². The Balaban J connectivity index is 2.12. The lowest BCUT2D eigenvalue weighted by Gasteiger charge is -2.37. The van der Waals surface area contributed by atoms with Crippen LogP contribution in [-0.2, 0) is 0 Å². The van der Waals surface area contributed by atoms with E-state index in [4.69, 9.17) is 5.11 Å². The van der Waals surface area contributed by atoms with Crippen LogP contribution >= 0.6 is 15.9 Å². The van der Waals surface area contributed by atoms with Crippen LogP contribution in [0.4, 0.5) is 0 Å². The van der Waals surface area contributed by atoms with Crippen molar-refractivity contribution in [2.24, 2.45) is 0 Å². The van der Waals surface area contributed by atoms with Crippen molar-refractivity contribution < 1.29 is 5.11 Å². The van der Waals surface area contributed by atoms with Crippen LogP contribution in [0.15, 0.2) is 0 Å². The van der Waals surface area contributed by atoms with Gasteiger partial charge in [-0.15, -0.1) is 0 Å². The van der Waals surface area contributed by atoms with Crippen LogP contribution in [0.2, 0.25) is 0 Å². The van der Waals surface area contributed by atoms with E-state index in [2.05, 4.69) is 20.8 Å². The van der Waals surface area contributed by atoms with E-state index in [-0.39, 0.29) is 0 Å². The molecule has 0 aromatic heterocycles. The summed E-state index contributed by atoms with van der Waals surface area (Å²) in [5, 5.41) is 10.0. The number of aliphatic hydroxyl groups excluding tert-OH is 1. The summed E-state index contributed by atoms with van der Waals surface area (Å²) in [6.07, 6.45) is 6.56. The Hall–Kier alpha value is 0.400. The Morgan fingerprint density at radius 1 is 1.23 bits per heavy atom. The van der Waals surface area contributed by atoms with E-state index in [1.54, 1.807) is 0 Å². The summed E-state index contributed by atoms with van der Waals surface area (Å²) in [6.45, 7) is 2.34. The smallest absolute Gasteiger partial charge is 0.0558 e. The summed E-state index contributed by atoms with van der Waals surface area (Å²) in [5.41, 5.74) is 0. The summed E-state index contributed by atoms with van der Waals surface area (Å²) in [7, 11) is 0.